The molecule has 3 N–H and O–H groups in total. The number of carbonyl (C=O) groups is 2. The minimum atomic E-state index is -0.711. The Kier molecular flexibility index (Phi) is 10.6. The number of aliphatic carboxylic acids is 1. The van der Waals surface area contributed by atoms with Crippen LogP contribution in [0.15, 0.2) is 48.5 Å². The van der Waals surface area contributed by atoms with Gasteiger partial charge in [0.1, 0.15) is 0 Å². The average molecular weight is 391 g/mol. The topological polar surface area (TPSA) is 78.4 Å². The molecule has 0 radical (unpaired) electrons. The van der Waals surface area contributed by atoms with Crippen molar-refractivity contribution in [3.05, 3.63) is 64.7 Å². The van der Waals surface area contributed by atoms with E-state index in [1.54, 1.807) is 0 Å². The van der Waals surface area contributed by atoms with E-state index in [0.717, 1.165) is 30.5 Å². The van der Waals surface area contributed by atoms with Crippen molar-refractivity contribution in [3.63, 3.8) is 0 Å². The minimum absolute atomic E-state index is 0.215. The summed E-state index contributed by atoms with van der Waals surface area (Å²) in [6, 6.07) is 15.1. The van der Waals surface area contributed by atoms with Gasteiger partial charge in [0.05, 0.1) is 0 Å². The summed E-state index contributed by atoms with van der Waals surface area (Å²) in [4.78, 5) is 21.4. The molecule has 27 heavy (non-hydrogen) atoms. The maximum absolute atomic E-state index is 11.8. The Balaban J connectivity index is 0.000000527. The van der Waals surface area contributed by atoms with Crippen LogP contribution in [0.3, 0.4) is 0 Å². The fourth-order valence-electron chi connectivity index (χ4n) is 2.22. The average Bonchev–Trinajstić information content (AvgIpc) is 2.63. The number of nitrogens with one attached hydrogen (secondary N) is 2. The van der Waals surface area contributed by atoms with Gasteiger partial charge in [-0.1, -0.05) is 56.1 Å². The van der Waals surface area contributed by atoms with Gasteiger partial charge >= 0.3 is 12.0 Å². The van der Waals surface area contributed by atoms with E-state index in [9.17, 15) is 9.59 Å². The molecule has 2 aromatic carbocycles. The van der Waals surface area contributed by atoms with E-state index < -0.39 is 5.97 Å². The molecule has 0 aliphatic rings. The van der Waals surface area contributed by atoms with Gasteiger partial charge in [0.25, 0.3) is 0 Å². The molecule has 0 aromatic heterocycles. The lowest BCUT2D eigenvalue weighted by molar-refractivity contribution is -0.137. The smallest absolute Gasteiger partial charge is 0.319 e. The number of carboxylic acids is 1. The summed E-state index contributed by atoms with van der Waals surface area (Å²) >= 11 is 5.82. The number of rotatable bonds is 7. The lowest BCUT2D eigenvalue weighted by Gasteiger charge is -2.08. The van der Waals surface area contributed by atoms with Gasteiger partial charge in [-0.15, -0.1) is 0 Å². The molecule has 0 atom stereocenters. The van der Waals surface area contributed by atoms with Crippen LogP contribution in [0.5, 0.6) is 0 Å². The molecule has 6 heteroatoms. The number of aryl methyl sites for hydroxylation is 1. The van der Waals surface area contributed by atoms with Crippen molar-refractivity contribution in [2.45, 2.75) is 46.1 Å². The summed E-state index contributed by atoms with van der Waals surface area (Å²) in [5, 5.41) is 14.2. The molecule has 0 bridgehead atoms. The van der Waals surface area contributed by atoms with Crippen LogP contribution in [0.1, 0.15) is 44.2 Å². The Hall–Kier alpha value is -2.53. The molecule has 0 saturated heterocycles. The van der Waals surface area contributed by atoms with Crippen molar-refractivity contribution in [1.29, 1.82) is 0 Å². The molecule has 0 fully saturated rings. The molecule has 2 amide bonds. The van der Waals surface area contributed by atoms with Gasteiger partial charge in [-0.05, 0) is 48.2 Å². The number of amides is 2. The van der Waals surface area contributed by atoms with Gasteiger partial charge in [-0.3, -0.25) is 4.79 Å². The first-order valence-corrected chi connectivity index (χ1v) is 9.42. The van der Waals surface area contributed by atoms with Gasteiger partial charge < -0.3 is 15.7 Å². The summed E-state index contributed by atoms with van der Waals surface area (Å²) < 4.78 is 0. The third-order valence-corrected chi connectivity index (χ3v) is 3.83. The van der Waals surface area contributed by atoms with Crippen molar-refractivity contribution in [1.82, 2.24) is 5.32 Å². The third-order valence-electron chi connectivity index (χ3n) is 3.58. The monoisotopic (exact) mass is 390 g/mol. The van der Waals surface area contributed by atoms with Crippen LogP contribution in [-0.4, -0.2) is 17.1 Å². The van der Waals surface area contributed by atoms with E-state index in [4.69, 9.17) is 16.7 Å². The number of anilines is 1. The maximum Gasteiger partial charge on any atom is 0.319 e. The van der Waals surface area contributed by atoms with Crippen molar-refractivity contribution < 1.29 is 14.7 Å². The second kappa shape index (κ2) is 12.8. The Bertz CT molecular complexity index is 700. The van der Waals surface area contributed by atoms with Crippen LogP contribution < -0.4 is 10.6 Å². The van der Waals surface area contributed by atoms with Gasteiger partial charge in [-0.25, -0.2) is 4.79 Å². The Morgan fingerprint density at radius 2 is 1.52 bits per heavy atom. The Morgan fingerprint density at radius 3 is 2.00 bits per heavy atom. The normalized spacial score (nSPS) is 9.74. The van der Waals surface area contributed by atoms with Gasteiger partial charge in [0.15, 0.2) is 0 Å². The van der Waals surface area contributed by atoms with E-state index in [-0.39, 0.29) is 6.03 Å². The standard InChI is InChI=1S/C17H19ClN2O.C4H8O2/c1-2-3-13-6-10-16(11-7-13)20-17(21)19-12-14-4-8-15(18)9-5-14;1-2-3-4(5)6/h4-11H,2-3,12H2,1H3,(H2,19,20,21);2-3H2,1H3,(H,5,6). The fourth-order valence-corrected chi connectivity index (χ4v) is 2.34. The molecule has 0 heterocycles. The van der Waals surface area contributed by atoms with E-state index in [1.165, 1.54) is 5.56 Å². The lowest BCUT2D eigenvalue weighted by Crippen LogP contribution is -2.28. The first-order chi connectivity index (χ1) is 12.9. The molecule has 5 nitrogen and oxygen atoms in total. The quantitative estimate of drug-likeness (QED) is 0.585. The van der Waals surface area contributed by atoms with Crippen LogP contribution >= 0.6 is 11.6 Å². The number of benzene rings is 2. The molecular formula is C21H27ClN2O3. The van der Waals surface area contributed by atoms with Crippen molar-refractivity contribution in [2.75, 3.05) is 5.32 Å². The molecule has 0 aliphatic carbocycles. The van der Waals surface area contributed by atoms with E-state index >= 15 is 0 Å². The zero-order valence-electron chi connectivity index (χ0n) is 15.8. The van der Waals surface area contributed by atoms with Crippen LogP contribution in [0.2, 0.25) is 5.02 Å². The lowest BCUT2D eigenvalue weighted by atomic mass is 10.1. The molecule has 0 aliphatic heterocycles. The number of hydrogen-bond donors (Lipinski definition) is 3. The summed E-state index contributed by atoms with van der Waals surface area (Å²) in [5.41, 5.74) is 3.08. The minimum Gasteiger partial charge on any atom is -0.481 e. The predicted octanol–water partition coefficient (Wildman–Crippen LogP) is 5.49. The summed E-state index contributed by atoms with van der Waals surface area (Å²) in [5.74, 6) is -0.711. The van der Waals surface area contributed by atoms with Crippen LogP contribution in [0, 0.1) is 0 Å². The highest BCUT2D eigenvalue weighted by atomic mass is 35.5. The maximum atomic E-state index is 11.8. The van der Waals surface area contributed by atoms with E-state index in [2.05, 4.69) is 17.6 Å². The number of carbonyl (C=O) groups excluding carboxylic acids is 1. The molecular weight excluding hydrogens is 364 g/mol. The van der Waals surface area contributed by atoms with Gasteiger partial charge in [0.2, 0.25) is 0 Å². The number of carboxylic acid groups (broad SMARTS) is 1. The molecule has 0 unspecified atom stereocenters. The largest absolute Gasteiger partial charge is 0.481 e. The number of halogens is 1. The summed E-state index contributed by atoms with van der Waals surface area (Å²) in [7, 11) is 0. The van der Waals surface area contributed by atoms with Crippen LogP contribution in [0.25, 0.3) is 0 Å². The second-order valence-corrected chi connectivity index (χ2v) is 6.46. The van der Waals surface area contributed by atoms with Crippen LogP contribution in [0.4, 0.5) is 10.5 Å². The third kappa shape index (κ3) is 10.3. The molecule has 146 valence electrons. The van der Waals surface area contributed by atoms with Crippen molar-refractivity contribution in [3.8, 4) is 0 Å². The van der Waals surface area contributed by atoms with Crippen molar-refractivity contribution in [2.24, 2.45) is 0 Å². The highest BCUT2D eigenvalue weighted by Gasteiger charge is 2.02. The Labute approximate surface area is 165 Å². The summed E-state index contributed by atoms with van der Waals surface area (Å²) in [6.45, 7) is 4.46. The fraction of sp³-hybridized carbons (Fsp3) is 0.333. The molecule has 2 rings (SSSR count). The summed E-state index contributed by atoms with van der Waals surface area (Å²) in [6.07, 6.45) is 3.20. The highest BCUT2D eigenvalue weighted by molar-refractivity contribution is 6.30. The molecule has 0 saturated carbocycles. The molecule has 0 spiro atoms. The van der Waals surface area contributed by atoms with Crippen LogP contribution in [-0.2, 0) is 17.8 Å². The second-order valence-electron chi connectivity index (χ2n) is 6.02. The Morgan fingerprint density at radius 1 is 0.926 bits per heavy atom. The first kappa shape index (κ1) is 22.5. The van der Waals surface area contributed by atoms with Gasteiger partial charge in [-0.2, -0.15) is 0 Å². The zero-order chi connectivity index (χ0) is 20.1. The van der Waals surface area contributed by atoms with E-state index in [0.29, 0.717) is 18.0 Å². The predicted molar refractivity (Wildman–Crippen MR) is 110 cm³/mol. The van der Waals surface area contributed by atoms with Gasteiger partial charge in [0, 0.05) is 23.7 Å². The zero-order valence-corrected chi connectivity index (χ0v) is 16.6. The number of urea groups is 1. The van der Waals surface area contributed by atoms with E-state index in [1.807, 2.05) is 55.5 Å². The SMILES string of the molecule is CCCC(=O)O.CCCc1ccc(NC(=O)NCc2ccc(Cl)cc2)cc1. The number of hydrogen-bond acceptors (Lipinski definition) is 2. The first-order valence-electron chi connectivity index (χ1n) is 9.04. The highest BCUT2D eigenvalue weighted by Crippen LogP contribution is 2.11. The molecule has 2 aromatic rings. The van der Waals surface area contributed by atoms with Crippen molar-refractivity contribution >= 4 is 29.3 Å².